The van der Waals surface area contributed by atoms with Crippen LogP contribution < -0.4 is 4.90 Å². The molecule has 1 fully saturated rings. The van der Waals surface area contributed by atoms with Gasteiger partial charge in [0.2, 0.25) is 0 Å². The Labute approximate surface area is 153 Å². The third kappa shape index (κ3) is 3.28. The maximum absolute atomic E-state index is 13.1. The standard InChI is InChI=1S/C21H23N3O2/c1-2-16-7-9-17(10-8-16)22-20-18-5-3-4-6-19(18)24(21(20)25)15-23-11-13-26-14-12-23/h3-10H,2,11-15H2,1H3. The Hall–Kier alpha value is -2.50. The van der Waals surface area contributed by atoms with Crippen molar-refractivity contribution in [2.45, 2.75) is 13.3 Å². The van der Waals surface area contributed by atoms with Crippen LogP contribution in [-0.4, -0.2) is 49.5 Å². The molecule has 2 aromatic carbocycles. The normalized spacial score (nSPS) is 19.2. The first-order valence-corrected chi connectivity index (χ1v) is 9.15. The van der Waals surface area contributed by atoms with E-state index in [1.165, 1.54) is 5.56 Å². The van der Waals surface area contributed by atoms with Gasteiger partial charge in [0.15, 0.2) is 0 Å². The fraction of sp³-hybridized carbons (Fsp3) is 0.333. The number of aryl methyl sites for hydroxylation is 1. The zero-order valence-corrected chi connectivity index (χ0v) is 15.0. The highest BCUT2D eigenvalue weighted by atomic mass is 16.5. The topological polar surface area (TPSA) is 45.1 Å². The number of nitrogens with zero attached hydrogens (tertiary/aromatic N) is 3. The summed E-state index contributed by atoms with van der Waals surface area (Å²) in [6.07, 6.45) is 0.992. The van der Waals surface area contributed by atoms with Gasteiger partial charge in [-0.2, -0.15) is 0 Å². The molecule has 0 unspecified atom stereocenters. The van der Waals surface area contributed by atoms with Crippen molar-refractivity contribution in [2.75, 3.05) is 37.9 Å². The Morgan fingerprint density at radius 3 is 2.50 bits per heavy atom. The smallest absolute Gasteiger partial charge is 0.278 e. The van der Waals surface area contributed by atoms with E-state index in [-0.39, 0.29) is 5.91 Å². The van der Waals surface area contributed by atoms with E-state index in [0.29, 0.717) is 25.6 Å². The summed E-state index contributed by atoms with van der Waals surface area (Å²) in [5.41, 5.74) is 4.45. The van der Waals surface area contributed by atoms with Crippen molar-refractivity contribution in [3.63, 3.8) is 0 Å². The lowest BCUT2D eigenvalue weighted by Crippen LogP contribution is -2.45. The highest BCUT2D eigenvalue weighted by molar-refractivity contribution is 6.54. The summed E-state index contributed by atoms with van der Waals surface area (Å²) in [6, 6.07) is 16.0. The lowest BCUT2D eigenvalue weighted by atomic mass is 10.1. The van der Waals surface area contributed by atoms with E-state index in [0.717, 1.165) is 36.4 Å². The molecular formula is C21H23N3O2. The van der Waals surface area contributed by atoms with Gasteiger partial charge >= 0.3 is 0 Å². The lowest BCUT2D eigenvalue weighted by Gasteiger charge is -2.30. The maximum Gasteiger partial charge on any atom is 0.278 e. The zero-order valence-electron chi connectivity index (χ0n) is 15.0. The molecule has 0 atom stereocenters. The molecule has 1 saturated heterocycles. The Balaban J connectivity index is 1.65. The number of aliphatic imine (C=N–C) groups is 1. The summed E-state index contributed by atoms with van der Waals surface area (Å²) in [5, 5.41) is 0. The van der Waals surface area contributed by atoms with E-state index < -0.39 is 0 Å². The summed E-state index contributed by atoms with van der Waals surface area (Å²) in [5.74, 6) is -0.0303. The number of carbonyl (C=O) groups excluding carboxylic acids is 1. The second-order valence-corrected chi connectivity index (χ2v) is 6.60. The van der Waals surface area contributed by atoms with Crippen LogP contribution in [0.15, 0.2) is 53.5 Å². The van der Waals surface area contributed by atoms with Crippen LogP contribution in [-0.2, 0) is 16.0 Å². The van der Waals surface area contributed by atoms with Gasteiger partial charge in [0, 0.05) is 18.7 Å². The molecule has 2 heterocycles. The van der Waals surface area contributed by atoms with Crippen LogP contribution in [0, 0.1) is 0 Å². The van der Waals surface area contributed by atoms with Crippen molar-refractivity contribution in [1.82, 2.24) is 4.90 Å². The number of carbonyl (C=O) groups is 1. The lowest BCUT2D eigenvalue weighted by molar-refractivity contribution is -0.112. The summed E-state index contributed by atoms with van der Waals surface area (Å²) >= 11 is 0. The van der Waals surface area contributed by atoms with Gasteiger partial charge in [-0.3, -0.25) is 14.6 Å². The van der Waals surface area contributed by atoms with Crippen LogP contribution in [0.25, 0.3) is 0 Å². The number of hydrogen-bond acceptors (Lipinski definition) is 4. The van der Waals surface area contributed by atoms with Gasteiger partial charge in [0.05, 0.1) is 31.3 Å². The van der Waals surface area contributed by atoms with Crippen molar-refractivity contribution < 1.29 is 9.53 Å². The van der Waals surface area contributed by atoms with E-state index in [2.05, 4.69) is 28.9 Å². The molecule has 5 heteroatoms. The summed E-state index contributed by atoms with van der Waals surface area (Å²) in [7, 11) is 0. The van der Waals surface area contributed by atoms with E-state index in [1.807, 2.05) is 41.3 Å². The fourth-order valence-corrected chi connectivity index (χ4v) is 3.39. The van der Waals surface area contributed by atoms with Crippen molar-refractivity contribution in [3.05, 3.63) is 59.7 Å². The molecule has 0 aliphatic carbocycles. The average molecular weight is 349 g/mol. The average Bonchev–Trinajstić information content (AvgIpc) is 2.95. The summed E-state index contributed by atoms with van der Waals surface area (Å²) in [6.45, 7) is 5.82. The molecule has 2 aliphatic heterocycles. The van der Waals surface area contributed by atoms with E-state index in [4.69, 9.17) is 4.74 Å². The molecule has 0 aromatic heterocycles. The highest BCUT2D eigenvalue weighted by Crippen LogP contribution is 2.31. The number of fused-ring (bicyclic) bond motifs is 1. The molecule has 134 valence electrons. The van der Waals surface area contributed by atoms with Crippen molar-refractivity contribution in [1.29, 1.82) is 0 Å². The predicted molar refractivity (Wildman–Crippen MR) is 103 cm³/mol. The Morgan fingerprint density at radius 2 is 1.77 bits per heavy atom. The molecule has 0 radical (unpaired) electrons. The molecule has 0 saturated carbocycles. The Bertz CT molecular complexity index is 823. The van der Waals surface area contributed by atoms with Crippen LogP contribution >= 0.6 is 0 Å². The summed E-state index contributed by atoms with van der Waals surface area (Å²) < 4.78 is 5.41. The highest BCUT2D eigenvalue weighted by Gasteiger charge is 2.34. The Morgan fingerprint density at radius 1 is 1.04 bits per heavy atom. The minimum atomic E-state index is -0.0303. The molecule has 2 aromatic rings. The van der Waals surface area contributed by atoms with Gasteiger partial charge in [0.1, 0.15) is 5.71 Å². The monoisotopic (exact) mass is 349 g/mol. The first-order chi connectivity index (χ1) is 12.8. The van der Waals surface area contributed by atoms with Crippen molar-refractivity contribution in [2.24, 2.45) is 4.99 Å². The third-order valence-electron chi connectivity index (χ3n) is 4.93. The van der Waals surface area contributed by atoms with Gasteiger partial charge in [-0.25, -0.2) is 4.99 Å². The maximum atomic E-state index is 13.1. The van der Waals surface area contributed by atoms with Gasteiger partial charge in [0.25, 0.3) is 5.91 Å². The number of amides is 1. The number of ether oxygens (including phenoxy) is 1. The van der Waals surface area contributed by atoms with Crippen LogP contribution in [0.3, 0.4) is 0 Å². The Kier molecular flexibility index (Phi) is 4.82. The predicted octanol–water partition coefficient (Wildman–Crippen LogP) is 3.01. The molecule has 2 aliphatic rings. The number of rotatable bonds is 4. The number of para-hydroxylation sites is 1. The van der Waals surface area contributed by atoms with E-state index in [1.54, 1.807) is 0 Å². The van der Waals surface area contributed by atoms with Crippen LogP contribution in [0.1, 0.15) is 18.1 Å². The number of hydrogen-bond donors (Lipinski definition) is 0. The van der Waals surface area contributed by atoms with Crippen molar-refractivity contribution in [3.8, 4) is 0 Å². The fourth-order valence-electron chi connectivity index (χ4n) is 3.39. The molecule has 0 spiro atoms. The molecule has 4 rings (SSSR count). The molecular weight excluding hydrogens is 326 g/mol. The first-order valence-electron chi connectivity index (χ1n) is 9.15. The first kappa shape index (κ1) is 16.9. The molecule has 5 nitrogen and oxygen atoms in total. The SMILES string of the molecule is CCc1ccc(N=C2C(=O)N(CN3CCOCC3)c3ccccc32)cc1. The van der Waals surface area contributed by atoms with Gasteiger partial charge in [-0.1, -0.05) is 37.3 Å². The quantitative estimate of drug-likeness (QED) is 0.852. The second-order valence-electron chi connectivity index (χ2n) is 6.60. The minimum Gasteiger partial charge on any atom is -0.379 e. The second kappa shape index (κ2) is 7.40. The number of benzene rings is 2. The van der Waals surface area contributed by atoms with Gasteiger partial charge in [-0.05, 0) is 30.2 Å². The van der Waals surface area contributed by atoms with Crippen molar-refractivity contribution >= 4 is 23.0 Å². The molecule has 26 heavy (non-hydrogen) atoms. The van der Waals surface area contributed by atoms with Crippen LogP contribution in [0.5, 0.6) is 0 Å². The number of morpholine rings is 1. The molecule has 0 N–H and O–H groups in total. The minimum absolute atomic E-state index is 0.0303. The van der Waals surface area contributed by atoms with E-state index in [9.17, 15) is 4.79 Å². The third-order valence-corrected chi connectivity index (χ3v) is 4.93. The number of anilines is 1. The van der Waals surface area contributed by atoms with E-state index >= 15 is 0 Å². The van der Waals surface area contributed by atoms with Crippen LogP contribution in [0.2, 0.25) is 0 Å². The molecule has 0 bridgehead atoms. The largest absolute Gasteiger partial charge is 0.379 e. The van der Waals surface area contributed by atoms with Gasteiger partial charge < -0.3 is 4.74 Å². The molecule has 1 amide bonds. The summed E-state index contributed by atoms with van der Waals surface area (Å²) in [4.78, 5) is 21.9. The van der Waals surface area contributed by atoms with Gasteiger partial charge in [-0.15, -0.1) is 0 Å². The van der Waals surface area contributed by atoms with Crippen LogP contribution in [0.4, 0.5) is 11.4 Å². The zero-order chi connectivity index (χ0) is 17.9.